The van der Waals surface area contributed by atoms with Gasteiger partial charge in [0.1, 0.15) is 23.3 Å². The Hall–Kier alpha value is -5.21. The Morgan fingerprint density at radius 1 is 0.679 bits per heavy atom. The normalized spacial score (nSPS) is 21.5. The Labute approximate surface area is 308 Å². The number of ether oxygens (including phenoxy) is 8. The molecule has 0 aliphatic carbocycles. The molecule has 2 saturated heterocycles. The second-order valence-corrected chi connectivity index (χ2v) is 15.2. The van der Waals surface area contributed by atoms with Crippen molar-refractivity contribution < 1.29 is 61.9 Å². The number of fused-ring (bicyclic) bond motifs is 2. The quantitative estimate of drug-likeness (QED) is 0.286. The average Bonchev–Trinajstić information content (AvgIpc) is 3.89. The topological polar surface area (TPSA) is 166 Å². The Balaban J connectivity index is 0.000000204. The van der Waals surface area contributed by atoms with Gasteiger partial charge in [-0.1, -0.05) is 12.1 Å². The lowest BCUT2D eigenvalue weighted by Crippen LogP contribution is -2.46. The number of imide groups is 1. The number of nitrogens with zero attached hydrogens (tertiary/aromatic N) is 2. The molecular weight excluding hydrogens is 692 g/mol. The number of esters is 2. The Morgan fingerprint density at radius 3 is 1.70 bits per heavy atom. The van der Waals surface area contributed by atoms with Gasteiger partial charge in [-0.25, -0.2) is 24.1 Å². The van der Waals surface area contributed by atoms with E-state index in [-0.39, 0.29) is 25.9 Å². The van der Waals surface area contributed by atoms with E-state index in [1.54, 1.807) is 53.7 Å². The van der Waals surface area contributed by atoms with Gasteiger partial charge in [0.2, 0.25) is 19.5 Å². The maximum absolute atomic E-state index is 12.9. The third-order valence-electron chi connectivity index (χ3n) is 8.84. The van der Waals surface area contributed by atoms with Gasteiger partial charge in [-0.15, -0.1) is 0 Å². The lowest BCUT2D eigenvalue weighted by atomic mass is 9.96. The molecule has 4 aliphatic rings. The van der Waals surface area contributed by atoms with E-state index in [4.69, 9.17) is 37.9 Å². The van der Waals surface area contributed by atoms with Crippen molar-refractivity contribution in [1.29, 1.82) is 0 Å². The summed E-state index contributed by atoms with van der Waals surface area (Å²) < 4.78 is 41.8. The number of amides is 3. The van der Waals surface area contributed by atoms with Gasteiger partial charge in [-0.3, -0.25) is 9.69 Å². The van der Waals surface area contributed by atoms with Crippen LogP contribution in [0.5, 0.6) is 23.0 Å². The summed E-state index contributed by atoms with van der Waals surface area (Å²) in [4.78, 5) is 64.5. The van der Waals surface area contributed by atoms with Crippen LogP contribution in [0, 0.1) is 11.8 Å². The van der Waals surface area contributed by atoms with Crippen LogP contribution in [0.25, 0.3) is 0 Å². The zero-order valence-corrected chi connectivity index (χ0v) is 31.4. The summed E-state index contributed by atoms with van der Waals surface area (Å²) in [6, 6.07) is 9.63. The van der Waals surface area contributed by atoms with Crippen molar-refractivity contribution in [3.63, 3.8) is 0 Å². The van der Waals surface area contributed by atoms with E-state index in [2.05, 4.69) is 0 Å². The number of hydrogen-bond acceptors (Lipinski definition) is 13. The van der Waals surface area contributed by atoms with Crippen LogP contribution in [0.15, 0.2) is 36.4 Å². The number of rotatable bonds is 6. The summed E-state index contributed by atoms with van der Waals surface area (Å²) >= 11 is 0. The maximum atomic E-state index is 12.9. The highest BCUT2D eigenvalue weighted by molar-refractivity contribution is 6.00. The predicted octanol–water partition coefficient (Wildman–Crippen LogP) is 5.04. The minimum absolute atomic E-state index is 0.131. The lowest BCUT2D eigenvalue weighted by molar-refractivity contribution is -0.148. The number of benzene rings is 2. The minimum Gasteiger partial charge on any atom is -0.467 e. The first-order chi connectivity index (χ1) is 25.0. The third-order valence-corrected chi connectivity index (χ3v) is 8.84. The first-order valence-corrected chi connectivity index (χ1v) is 17.4. The SMILES string of the molecule is COC(=O)[C@@H]1C[C@@H](Cc2ccc3c(c2)OCO3)C(=O)N1C(=O)OC(C)(C)C.COC(=O)[C@@H]1C[C@@H](Cc2ccc3c(c2)OCO3)CN1C(=O)OC(C)(C)C. The fourth-order valence-electron chi connectivity index (χ4n) is 6.57. The Kier molecular flexibility index (Phi) is 11.6. The number of carbonyl (C=O) groups excluding carboxylic acids is 5. The van der Waals surface area contributed by atoms with Crippen molar-refractivity contribution in [2.45, 2.75) is 90.5 Å². The average molecular weight is 741 g/mol. The number of likely N-dealkylation sites (tertiary alicyclic amines) is 2. The van der Waals surface area contributed by atoms with Gasteiger partial charge in [0.05, 0.1) is 14.2 Å². The summed E-state index contributed by atoms with van der Waals surface area (Å²) in [5.41, 5.74) is 0.529. The smallest absolute Gasteiger partial charge is 0.417 e. The second-order valence-electron chi connectivity index (χ2n) is 15.2. The summed E-state index contributed by atoms with van der Waals surface area (Å²) in [6.45, 7) is 11.4. The van der Waals surface area contributed by atoms with Crippen LogP contribution in [-0.2, 0) is 46.2 Å². The first kappa shape index (κ1) is 39.0. The maximum Gasteiger partial charge on any atom is 0.417 e. The van der Waals surface area contributed by atoms with Gasteiger partial charge in [0.15, 0.2) is 23.0 Å². The highest BCUT2D eigenvalue weighted by Gasteiger charge is 2.49. The van der Waals surface area contributed by atoms with Crippen LogP contribution in [-0.4, -0.2) is 97.5 Å². The molecule has 4 heterocycles. The van der Waals surface area contributed by atoms with Crippen molar-refractivity contribution in [3.8, 4) is 23.0 Å². The van der Waals surface area contributed by atoms with Gasteiger partial charge in [-0.05, 0) is 109 Å². The molecular formula is C38H48N2O13. The molecule has 2 aromatic rings. The van der Waals surface area contributed by atoms with Crippen LogP contribution < -0.4 is 18.9 Å². The number of hydrogen-bond donors (Lipinski definition) is 0. The molecule has 0 unspecified atom stereocenters. The molecule has 15 nitrogen and oxygen atoms in total. The number of methoxy groups -OCH3 is 2. The van der Waals surface area contributed by atoms with E-state index >= 15 is 0 Å². The fourth-order valence-corrected chi connectivity index (χ4v) is 6.57. The number of carbonyl (C=O) groups is 5. The van der Waals surface area contributed by atoms with E-state index < -0.39 is 59.2 Å². The standard InChI is InChI=1S/C19H23NO7.C19H25NO6/c1-19(2,3)27-18(23)20-13(17(22)24-4)9-12(16(20)21)7-11-5-6-14-15(8-11)26-10-25-14;1-19(2,3)26-18(22)20-10-13(8-14(20)17(21)23-4)7-12-5-6-15-16(9-12)25-11-24-15/h5-6,8,12-13H,7,9-10H2,1-4H3;5-6,9,13-14H,7-8,10-11H2,1-4H3/t12-,13+;13-,14+/m11/s1. The van der Waals surface area contributed by atoms with Crippen molar-refractivity contribution >= 4 is 30.0 Å². The van der Waals surface area contributed by atoms with Crippen LogP contribution >= 0.6 is 0 Å². The van der Waals surface area contributed by atoms with Crippen LogP contribution in [0.2, 0.25) is 0 Å². The van der Waals surface area contributed by atoms with Gasteiger partial charge in [0.25, 0.3) is 0 Å². The molecule has 0 aromatic heterocycles. The first-order valence-electron chi connectivity index (χ1n) is 17.4. The Morgan fingerprint density at radius 2 is 1.17 bits per heavy atom. The molecule has 15 heteroatoms. The van der Waals surface area contributed by atoms with Gasteiger partial charge >= 0.3 is 24.1 Å². The molecule has 0 bridgehead atoms. The molecule has 3 amide bonds. The van der Waals surface area contributed by atoms with E-state index in [1.807, 2.05) is 24.3 Å². The molecule has 0 radical (unpaired) electrons. The van der Waals surface area contributed by atoms with Crippen molar-refractivity contribution in [2.24, 2.45) is 11.8 Å². The molecule has 2 aromatic carbocycles. The molecule has 6 rings (SSSR count). The molecule has 4 aliphatic heterocycles. The van der Waals surface area contributed by atoms with E-state index in [9.17, 15) is 24.0 Å². The van der Waals surface area contributed by atoms with E-state index in [1.165, 1.54) is 19.1 Å². The monoisotopic (exact) mass is 740 g/mol. The molecule has 0 saturated carbocycles. The Bertz CT molecular complexity index is 1710. The summed E-state index contributed by atoms with van der Waals surface area (Å²) in [6.07, 6.45) is 0.489. The predicted molar refractivity (Wildman–Crippen MR) is 186 cm³/mol. The zero-order valence-electron chi connectivity index (χ0n) is 31.4. The van der Waals surface area contributed by atoms with E-state index in [0.29, 0.717) is 30.9 Å². The van der Waals surface area contributed by atoms with Crippen LogP contribution in [0.4, 0.5) is 9.59 Å². The lowest BCUT2D eigenvalue weighted by Gasteiger charge is -2.27. The highest BCUT2D eigenvalue weighted by Crippen LogP contribution is 2.37. The summed E-state index contributed by atoms with van der Waals surface area (Å²) in [7, 11) is 2.56. The zero-order chi connectivity index (χ0) is 38.7. The van der Waals surface area contributed by atoms with Crippen molar-refractivity contribution in [3.05, 3.63) is 47.5 Å². The summed E-state index contributed by atoms with van der Waals surface area (Å²) in [5, 5.41) is 0. The minimum atomic E-state index is -0.989. The highest BCUT2D eigenvalue weighted by atomic mass is 16.7. The molecule has 53 heavy (non-hydrogen) atoms. The largest absolute Gasteiger partial charge is 0.467 e. The molecule has 0 spiro atoms. The third kappa shape index (κ3) is 9.62. The van der Waals surface area contributed by atoms with Crippen LogP contribution in [0.3, 0.4) is 0 Å². The van der Waals surface area contributed by atoms with Crippen LogP contribution in [0.1, 0.15) is 65.5 Å². The van der Waals surface area contributed by atoms with Crippen molar-refractivity contribution in [1.82, 2.24) is 9.80 Å². The van der Waals surface area contributed by atoms with Gasteiger partial charge in [0, 0.05) is 12.5 Å². The molecule has 288 valence electrons. The second kappa shape index (κ2) is 15.8. The van der Waals surface area contributed by atoms with Crippen molar-refractivity contribution in [2.75, 3.05) is 34.4 Å². The van der Waals surface area contributed by atoms with Gasteiger partial charge in [-0.2, -0.15) is 0 Å². The summed E-state index contributed by atoms with van der Waals surface area (Å²) in [5.74, 6) is 0.834. The van der Waals surface area contributed by atoms with Gasteiger partial charge < -0.3 is 37.9 Å². The fraction of sp³-hybridized carbons (Fsp3) is 0.553. The molecule has 0 N–H and O–H groups in total. The van der Waals surface area contributed by atoms with E-state index in [0.717, 1.165) is 33.9 Å². The molecule has 4 atom stereocenters. The molecule has 2 fully saturated rings.